The van der Waals surface area contributed by atoms with Gasteiger partial charge in [0.2, 0.25) is 5.91 Å². The van der Waals surface area contributed by atoms with Crippen LogP contribution in [0.4, 0.5) is 5.00 Å². The molecule has 5 nitrogen and oxygen atoms in total. The van der Waals surface area contributed by atoms with Crippen molar-refractivity contribution in [1.82, 2.24) is 5.32 Å². The van der Waals surface area contributed by atoms with Crippen LogP contribution in [0.2, 0.25) is 5.02 Å². The van der Waals surface area contributed by atoms with E-state index in [-0.39, 0.29) is 11.0 Å². The molecule has 0 fully saturated rings. The first-order valence-corrected chi connectivity index (χ1v) is 10.4. The number of fused-ring (bicyclic) bond motifs is 1. The highest BCUT2D eigenvalue weighted by molar-refractivity contribution is 7.80. The predicted octanol–water partition coefficient (Wildman–Crippen LogP) is 4.15. The predicted molar refractivity (Wildman–Crippen MR) is 119 cm³/mol. The van der Waals surface area contributed by atoms with Crippen LogP contribution in [-0.2, 0) is 17.6 Å². The Labute approximate surface area is 178 Å². The summed E-state index contributed by atoms with van der Waals surface area (Å²) in [4.78, 5) is 25.2. The molecule has 3 rings (SSSR count). The Morgan fingerprint density at radius 3 is 2.71 bits per heavy atom. The van der Waals surface area contributed by atoms with Gasteiger partial charge in [-0.25, -0.2) is 0 Å². The van der Waals surface area contributed by atoms with E-state index in [0.717, 1.165) is 35.3 Å². The van der Waals surface area contributed by atoms with Gasteiger partial charge in [0.15, 0.2) is 5.11 Å². The molecule has 0 saturated heterocycles. The molecular formula is C20H20ClN3O2S2. The Morgan fingerprint density at radius 1 is 1.32 bits per heavy atom. The lowest BCUT2D eigenvalue weighted by atomic mass is 9.88. The molecule has 1 aliphatic carbocycles. The first-order valence-electron chi connectivity index (χ1n) is 8.83. The minimum atomic E-state index is -0.480. The Kier molecular flexibility index (Phi) is 6.49. The number of anilines is 1. The minimum absolute atomic E-state index is 0.125. The molecule has 1 aliphatic rings. The summed E-state index contributed by atoms with van der Waals surface area (Å²) in [6.07, 6.45) is 5.82. The molecule has 1 atom stereocenters. The van der Waals surface area contributed by atoms with E-state index < -0.39 is 5.91 Å². The summed E-state index contributed by atoms with van der Waals surface area (Å²) >= 11 is 12.6. The molecule has 4 N–H and O–H groups in total. The van der Waals surface area contributed by atoms with Crippen LogP contribution in [0.25, 0.3) is 6.08 Å². The van der Waals surface area contributed by atoms with Crippen LogP contribution in [-0.4, -0.2) is 16.9 Å². The fourth-order valence-corrected chi connectivity index (χ4v) is 4.95. The van der Waals surface area contributed by atoms with Gasteiger partial charge in [-0.3, -0.25) is 14.9 Å². The molecule has 1 aromatic carbocycles. The summed E-state index contributed by atoms with van der Waals surface area (Å²) in [5.74, 6) is -0.279. The molecule has 146 valence electrons. The van der Waals surface area contributed by atoms with Crippen molar-refractivity contribution >= 4 is 63.2 Å². The molecule has 0 saturated carbocycles. The number of hydrogen-bond acceptors (Lipinski definition) is 4. The number of benzene rings is 1. The fourth-order valence-electron chi connectivity index (χ4n) is 3.13. The van der Waals surface area contributed by atoms with Gasteiger partial charge in [-0.05, 0) is 66.7 Å². The molecule has 0 spiro atoms. The van der Waals surface area contributed by atoms with Crippen LogP contribution in [0.3, 0.4) is 0 Å². The molecule has 0 bridgehead atoms. The smallest absolute Gasteiger partial charge is 0.251 e. The second-order valence-electron chi connectivity index (χ2n) is 6.75. The topological polar surface area (TPSA) is 84.2 Å². The Hall–Kier alpha value is -2.22. The monoisotopic (exact) mass is 433 g/mol. The standard InChI is InChI=1S/C20H20ClN3O2S2/c1-11-2-8-14-15(10-11)28-19(17(14)18(22)26)24-20(27)23-16(25)9-5-12-3-6-13(21)7-4-12/h3-7,9,11H,2,8,10H2,1H3,(H2,22,26)(H2,23,24,25,27)/b9-5+/t11-/m0/s1. The molecule has 1 heterocycles. The quantitative estimate of drug-likeness (QED) is 0.499. The number of thiophene rings is 1. The third kappa shape index (κ3) is 4.98. The van der Waals surface area contributed by atoms with Crippen LogP contribution in [0, 0.1) is 5.92 Å². The van der Waals surface area contributed by atoms with Crippen LogP contribution >= 0.6 is 35.2 Å². The number of rotatable bonds is 4. The molecule has 0 aliphatic heterocycles. The van der Waals surface area contributed by atoms with Gasteiger partial charge in [-0.15, -0.1) is 11.3 Å². The highest BCUT2D eigenvalue weighted by Crippen LogP contribution is 2.39. The molecule has 0 unspecified atom stereocenters. The number of primary amides is 1. The summed E-state index contributed by atoms with van der Waals surface area (Å²) < 4.78 is 0. The summed E-state index contributed by atoms with van der Waals surface area (Å²) in [6, 6.07) is 7.10. The van der Waals surface area contributed by atoms with E-state index in [4.69, 9.17) is 29.6 Å². The Morgan fingerprint density at radius 2 is 2.04 bits per heavy atom. The molecule has 2 aromatic rings. The van der Waals surface area contributed by atoms with Crippen molar-refractivity contribution in [2.24, 2.45) is 11.7 Å². The third-order valence-electron chi connectivity index (χ3n) is 4.52. The normalized spacial score (nSPS) is 15.9. The first kappa shape index (κ1) is 20.5. The summed E-state index contributed by atoms with van der Waals surface area (Å²) in [7, 11) is 0. The number of carbonyl (C=O) groups excluding carboxylic acids is 2. The molecule has 2 amide bonds. The third-order valence-corrected chi connectivity index (χ3v) is 6.14. The van der Waals surface area contributed by atoms with Crippen molar-refractivity contribution < 1.29 is 9.59 Å². The zero-order valence-electron chi connectivity index (χ0n) is 15.3. The Balaban J connectivity index is 1.67. The number of nitrogens with one attached hydrogen (secondary N) is 2. The second kappa shape index (κ2) is 8.86. The fraction of sp³-hybridized carbons (Fsp3) is 0.250. The summed E-state index contributed by atoms with van der Waals surface area (Å²) in [5.41, 5.74) is 7.93. The van der Waals surface area contributed by atoms with E-state index in [0.29, 0.717) is 21.5 Å². The van der Waals surface area contributed by atoms with Crippen LogP contribution < -0.4 is 16.4 Å². The summed E-state index contributed by atoms with van der Waals surface area (Å²) in [6.45, 7) is 2.19. The highest BCUT2D eigenvalue weighted by atomic mass is 35.5. The van der Waals surface area contributed by atoms with Crippen molar-refractivity contribution in [2.75, 3.05) is 5.32 Å². The number of halogens is 1. The van der Waals surface area contributed by atoms with Gasteiger partial charge < -0.3 is 11.1 Å². The highest BCUT2D eigenvalue weighted by Gasteiger charge is 2.26. The van der Waals surface area contributed by atoms with Crippen molar-refractivity contribution in [2.45, 2.75) is 26.2 Å². The van der Waals surface area contributed by atoms with Gasteiger partial charge in [-0.2, -0.15) is 0 Å². The number of hydrogen-bond donors (Lipinski definition) is 3. The van der Waals surface area contributed by atoms with Crippen molar-refractivity contribution in [3.05, 3.63) is 56.9 Å². The van der Waals surface area contributed by atoms with E-state index in [1.54, 1.807) is 30.3 Å². The minimum Gasteiger partial charge on any atom is -0.365 e. The van der Waals surface area contributed by atoms with Gasteiger partial charge in [0.05, 0.1) is 5.56 Å². The van der Waals surface area contributed by atoms with Crippen molar-refractivity contribution in [3.8, 4) is 0 Å². The maximum absolute atomic E-state index is 12.1. The van der Waals surface area contributed by atoms with Crippen LogP contribution in [0.15, 0.2) is 30.3 Å². The lowest BCUT2D eigenvalue weighted by molar-refractivity contribution is -0.115. The average molecular weight is 434 g/mol. The van der Waals surface area contributed by atoms with Gasteiger partial charge in [0, 0.05) is 16.0 Å². The number of amides is 2. The Bertz CT molecular complexity index is 951. The number of nitrogens with two attached hydrogens (primary N) is 1. The van der Waals surface area contributed by atoms with Crippen molar-refractivity contribution in [3.63, 3.8) is 0 Å². The zero-order valence-corrected chi connectivity index (χ0v) is 17.6. The van der Waals surface area contributed by atoms with E-state index >= 15 is 0 Å². The van der Waals surface area contributed by atoms with E-state index in [1.807, 2.05) is 0 Å². The van der Waals surface area contributed by atoms with Gasteiger partial charge >= 0.3 is 0 Å². The molecule has 28 heavy (non-hydrogen) atoms. The lowest BCUT2D eigenvalue weighted by Gasteiger charge is -2.18. The van der Waals surface area contributed by atoms with E-state index in [2.05, 4.69) is 17.6 Å². The van der Waals surface area contributed by atoms with Crippen LogP contribution in [0.5, 0.6) is 0 Å². The van der Waals surface area contributed by atoms with Gasteiger partial charge in [0.25, 0.3) is 5.91 Å². The molecule has 8 heteroatoms. The van der Waals surface area contributed by atoms with Crippen molar-refractivity contribution in [1.29, 1.82) is 0 Å². The van der Waals surface area contributed by atoms with E-state index in [1.165, 1.54) is 17.4 Å². The molecular weight excluding hydrogens is 414 g/mol. The van der Waals surface area contributed by atoms with E-state index in [9.17, 15) is 9.59 Å². The first-order chi connectivity index (χ1) is 13.3. The van der Waals surface area contributed by atoms with Gasteiger partial charge in [-0.1, -0.05) is 30.7 Å². The zero-order chi connectivity index (χ0) is 20.3. The maximum atomic E-state index is 12.1. The molecule has 0 radical (unpaired) electrons. The lowest BCUT2D eigenvalue weighted by Crippen LogP contribution is -2.33. The second-order valence-corrected chi connectivity index (χ2v) is 8.70. The van der Waals surface area contributed by atoms with Crippen LogP contribution in [0.1, 0.15) is 39.7 Å². The SMILES string of the molecule is C[C@H]1CCc2c(sc(NC(=S)NC(=O)/C=C/c3ccc(Cl)cc3)c2C(N)=O)C1. The average Bonchev–Trinajstić information content (AvgIpc) is 2.97. The molecule has 1 aromatic heterocycles. The number of thiocarbonyl (C=S) groups is 1. The maximum Gasteiger partial charge on any atom is 0.251 e. The summed E-state index contributed by atoms with van der Waals surface area (Å²) in [5, 5.41) is 6.91. The number of carbonyl (C=O) groups is 2. The largest absolute Gasteiger partial charge is 0.365 e. The van der Waals surface area contributed by atoms with Gasteiger partial charge in [0.1, 0.15) is 5.00 Å².